The molecule has 0 bridgehead atoms. The number of pyridine rings is 2. The summed E-state index contributed by atoms with van der Waals surface area (Å²) in [4.78, 5) is 39.5. The zero-order valence-corrected chi connectivity index (χ0v) is 24.4. The quantitative estimate of drug-likeness (QED) is 0.330. The van der Waals surface area contributed by atoms with Gasteiger partial charge in [-0.05, 0) is 86.4 Å². The molecule has 2 aromatic heterocycles. The Bertz CT molecular complexity index is 1660. The maximum atomic E-state index is 14.2. The average Bonchev–Trinajstić information content (AvgIpc) is 3.00. The minimum Gasteiger partial charge on any atom is -0.497 e. The van der Waals surface area contributed by atoms with E-state index in [0.29, 0.717) is 13.1 Å². The van der Waals surface area contributed by atoms with Crippen molar-refractivity contribution in [1.29, 1.82) is 0 Å². The summed E-state index contributed by atoms with van der Waals surface area (Å²) >= 11 is 0. The number of nitrogens with one attached hydrogen (secondary N) is 1. The molecule has 42 heavy (non-hydrogen) atoms. The number of aliphatic hydroxyl groups is 1. The lowest BCUT2D eigenvalue weighted by Gasteiger charge is -2.34. The molecule has 1 atom stereocenters. The fraction of sp³-hybridized carbons (Fsp3) is 0.382. The first-order chi connectivity index (χ1) is 20.4. The number of fused-ring (bicyclic) bond motifs is 2. The molecule has 0 spiro atoms. The number of nitrogens with zero attached hydrogens (tertiary/aromatic N) is 3. The highest BCUT2D eigenvalue weighted by Crippen LogP contribution is 2.30. The van der Waals surface area contributed by atoms with Crippen LogP contribution < -0.4 is 15.2 Å². The number of piperidine rings is 1. The summed E-state index contributed by atoms with van der Waals surface area (Å²) in [6.07, 6.45) is 5.00. The first kappa shape index (κ1) is 28.0. The van der Waals surface area contributed by atoms with Crippen molar-refractivity contribution in [2.24, 2.45) is 0 Å². The number of carbonyl (C=O) groups excluding carboxylic acids is 1. The van der Waals surface area contributed by atoms with Crippen molar-refractivity contribution in [1.82, 2.24) is 14.9 Å². The number of aliphatic hydroxyl groups excluding tert-OH is 1. The first-order valence-corrected chi connectivity index (χ1v) is 14.9. The summed E-state index contributed by atoms with van der Waals surface area (Å²) in [5.41, 5.74) is 5.64. The highest BCUT2D eigenvalue weighted by molar-refractivity contribution is 5.94. The van der Waals surface area contributed by atoms with Gasteiger partial charge in [-0.2, -0.15) is 0 Å². The summed E-state index contributed by atoms with van der Waals surface area (Å²) in [7, 11) is 1.63. The van der Waals surface area contributed by atoms with Gasteiger partial charge in [-0.25, -0.2) is 4.98 Å². The van der Waals surface area contributed by atoms with Gasteiger partial charge in [0.1, 0.15) is 17.1 Å². The molecule has 4 aromatic rings. The SMILES string of the molecule is COc1ccc(CN(Cc2cc3cccc(C)c3nc2N2CCCC(O)C2)C(=O)c2cc3c([nH]c2=O)CCCC3)cc1. The minimum absolute atomic E-state index is 0.170. The number of amides is 1. The van der Waals surface area contributed by atoms with Crippen molar-refractivity contribution in [3.63, 3.8) is 0 Å². The lowest BCUT2D eigenvalue weighted by atomic mass is 9.94. The number of H-pyrrole nitrogens is 1. The Morgan fingerprint density at radius 2 is 1.90 bits per heavy atom. The van der Waals surface area contributed by atoms with Crippen molar-refractivity contribution in [3.8, 4) is 5.75 Å². The molecule has 218 valence electrons. The van der Waals surface area contributed by atoms with Crippen LogP contribution in [0.1, 0.15) is 64.0 Å². The van der Waals surface area contributed by atoms with E-state index in [4.69, 9.17) is 9.72 Å². The number of rotatable bonds is 7. The summed E-state index contributed by atoms with van der Waals surface area (Å²) in [6.45, 7) is 3.90. The van der Waals surface area contributed by atoms with E-state index < -0.39 is 6.10 Å². The van der Waals surface area contributed by atoms with Crippen LogP contribution in [0.4, 0.5) is 5.82 Å². The largest absolute Gasteiger partial charge is 0.497 e. The fourth-order valence-electron chi connectivity index (χ4n) is 6.28. The molecule has 2 aliphatic rings. The van der Waals surface area contributed by atoms with E-state index in [1.807, 2.05) is 49.4 Å². The molecule has 1 fully saturated rings. The second-order valence-corrected chi connectivity index (χ2v) is 11.6. The zero-order valence-electron chi connectivity index (χ0n) is 24.4. The zero-order chi connectivity index (χ0) is 29.2. The van der Waals surface area contributed by atoms with Crippen molar-refractivity contribution >= 4 is 22.6 Å². The number of ether oxygens (including phenoxy) is 1. The molecule has 1 aliphatic heterocycles. The van der Waals surface area contributed by atoms with Crippen LogP contribution in [0.15, 0.2) is 59.4 Å². The van der Waals surface area contributed by atoms with Crippen LogP contribution in [0, 0.1) is 6.92 Å². The van der Waals surface area contributed by atoms with Crippen LogP contribution in [0.25, 0.3) is 10.9 Å². The van der Waals surface area contributed by atoms with Gasteiger partial charge in [0.2, 0.25) is 0 Å². The molecular formula is C34H38N4O4. The van der Waals surface area contributed by atoms with E-state index in [0.717, 1.165) is 95.5 Å². The Hall–Kier alpha value is -4.17. The van der Waals surface area contributed by atoms with Crippen LogP contribution in [-0.4, -0.2) is 52.2 Å². The first-order valence-electron chi connectivity index (χ1n) is 14.9. The Morgan fingerprint density at radius 1 is 1.10 bits per heavy atom. The van der Waals surface area contributed by atoms with Gasteiger partial charge in [0.25, 0.3) is 11.5 Å². The van der Waals surface area contributed by atoms with Crippen LogP contribution in [-0.2, 0) is 25.9 Å². The van der Waals surface area contributed by atoms with Gasteiger partial charge in [-0.1, -0.05) is 30.3 Å². The van der Waals surface area contributed by atoms with Crippen LogP contribution in [0.3, 0.4) is 0 Å². The lowest BCUT2D eigenvalue weighted by Crippen LogP contribution is -2.40. The molecule has 1 unspecified atom stereocenters. The molecule has 2 N–H and O–H groups in total. The van der Waals surface area contributed by atoms with Gasteiger partial charge in [-0.15, -0.1) is 0 Å². The highest BCUT2D eigenvalue weighted by atomic mass is 16.5. The Kier molecular flexibility index (Phi) is 7.98. The van der Waals surface area contributed by atoms with Crippen molar-refractivity contribution < 1.29 is 14.6 Å². The molecule has 3 heterocycles. The third kappa shape index (κ3) is 5.77. The highest BCUT2D eigenvalue weighted by Gasteiger charge is 2.27. The molecule has 8 nitrogen and oxygen atoms in total. The maximum absolute atomic E-state index is 14.2. The number of hydrogen-bond acceptors (Lipinski definition) is 6. The molecule has 1 amide bonds. The number of hydrogen-bond donors (Lipinski definition) is 2. The number of β-amino-alcohol motifs (C(OH)–C–C–N with tert-alkyl or cyclic N) is 1. The predicted octanol–water partition coefficient (Wildman–Crippen LogP) is 4.92. The number of aromatic amines is 1. The van der Waals surface area contributed by atoms with Crippen LogP contribution in [0.5, 0.6) is 5.75 Å². The maximum Gasteiger partial charge on any atom is 0.261 e. The fourth-order valence-corrected chi connectivity index (χ4v) is 6.28. The molecule has 2 aromatic carbocycles. The number of benzene rings is 2. The second kappa shape index (κ2) is 12.0. The number of aromatic nitrogens is 2. The van der Waals surface area contributed by atoms with Gasteiger partial charge < -0.3 is 24.6 Å². The third-order valence-electron chi connectivity index (χ3n) is 8.55. The topological polar surface area (TPSA) is 98.8 Å². The lowest BCUT2D eigenvalue weighted by molar-refractivity contribution is 0.0727. The van der Waals surface area contributed by atoms with Crippen LogP contribution in [0.2, 0.25) is 0 Å². The Balaban J connectivity index is 1.43. The van der Waals surface area contributed by atoms with Crippen LogP contribution >= 0.6 is 0 Å². The summed E-state index contributed by atoms with van der Waals surface area (Å²) in [5.74, 6) is 1.21. The van der Waals surface area contributed by atoms with E-state index in [1.54, 1.807) is 18.1 Å². The third-order valence-corrected chi connectivity index (χ3v) is 8.55. The number of methoxy groups -OCH3 is 1. The van der Waals surface area contributed by atoms with Gasteiger partial charge in [0.15, 0.2) is 0 Å². The average molecular weight is 567 g/mol. The Morgan fingerprint density at radius 3 is 2.69 bits per heavy atom. The van der Waals surface area contributed by atoms with E-state index in [-0.39, 0.29) is 23.6 Å². The van der Waals surface area contributed by atoms with Gasteiger partial charge in [0, 0.05) is 42.8 Å². The molecular weight excluding hydrogens is 528 g/mol. The second-order valence-electron chi connectivity index (χ2n) is 11.6. The van der Waals surface area contributed by atoms with E-state index in [2.05, 4.69) is 16.0 Å². The molecule has 0 saturated carbocycles. The number of anilines is 1. The summed E-state index contributed by atoms with van der Waals surface area (Å²) in [6, 6.07) is 17.7. The monoisotopic (exact) mass is 566 g/mol. The molecule has 1 aliphatic carbocycles. The van der Waals surface area contributed by atoms with Gasteiger partial charge in [-0.3, -0.25) is 9.59 Å². The number of aryl methyl sites for hydroxylation is 3. The minimum atomic E-state index is -0.424. The summed E-state index contributed by atoms with van der Waals surface area (Å²) in [5, 5.41) is 11.5. The molecule has 8 heteroatoms. The van der Waals surface area contributed by atoms with Crippen molar-refractivity contribution in [2.45, 2.75) is 64.6 Å². The number of carbonyl (C=O) groups is 1. The van der Waals surface area contributed by atoms with E-state index >= 15 is 0 Å². The normalized spacial score (nSPS) is 16.7. The smallest absolute Gasteiger partial charge is 0.261 e. The van der Waals surface area contributed by atoms with Gasteiger partial charge in [0.05, 0.1) is 18.7 Å². The molecule has 1 saturated heterocycles. The number of para-hydroxylation sites is 1. The van der Waals surface area contributed by atoms with E-state index in [9.17, 15) is 14.7 Å². The molecule has 0 radical (unpaired) electrons. The van der Waals surface area contributed by atoms with Crippen molar-refractivity contribution in [2.75, 3.05) is 25.1 Å². The molecule has 6 rings (SSSR count). The van der Waals surface area contributed by atoms with Gasteiger partial charge >= 0.3 is 0 Å². The van der Waals surface area contributed by atoms with E-state index in [1.165, 1.54) is 0 Å². The van der Waals surface area contributed by atoms with Crippen molar-refractivity contribution in [3.05, 3.63) is 98.5 Å². The summed E-state index contributed by atoms with van der Waals surface area (Å²) < 4.78 is 5.34. The Labute approximate surface area is 246 Å². The predicted molar refractivity (Wildman–Crippen MR) is 164 cm³/mol. The standard InChI is InChI=1S/C34H38N4O4/c1-22-7-5-9-25-17-26(32(36-31(22)25)37-16-6-10-27(39)21-37)20-38(19-23-12-14-28(42-2)15-13-23)34(41)29-18-24-8-3-4-11-30(24)35-33(29)40/h5,7,9,12-15,17-18,27,39H,3-4,6,8,10-11,16,19-21H2,1-2H3,(H,35,40).